The number of halogens is 1. The van der Waals surface area contributed by atoms with E-state index in [1.54, 1.807) is 0 Å². The van der Waals surface area contributed by atoms with Crippen molar-refractivity contribution >= 4 is 50.7 Å². The van der Waals surface area contributed by atoms with Gasteiger partial charge in [0.1, 0.15) is 0 Å². The highest BCUT2D eigenvalue weighted by molar-refractivity contribution is 6.30. The molecule has 1 fully saturated rings. The van der Waals surface area contributed by atoms with E-state index >= 15 is 0 Å². The van der Waals surface area contributed by atoms with Crippen LogP contribution in [-0.4, -0.2) is 48.1 Å². The van der Waals surface area contributed by atoms with Gasteiger partial charge in [0.15, 0.2) is 0 Å². The number of nitrogens with zero attached hydrogens (tertiary/aromatic N) is 3. The lowest BCUT2D eigenvalue weighted by Gasteiger charge is -2.35. The SMILES string of the molecule is CCn1c2ccccc2c2cc(NC(=O)CN3CCN(c4ccc(Cl)cc4)CC3)ccc21. The van der Waals surface area contributed by atoms with Crippen molar-refractivity contribution in [1.29, 1.82) is 0 Å². The van der Waals surface area contributed by atoms with Crippen LogP contribution in [0.4, 0.5) is 11.4 Å². The summed E-state index contributed by atoms with van der Waals surface area (Å²) in [5, 5.41) is 6.25. The lowest BCUT2D eigenvalue weighted by molar-refractivity contribution is -0.117. The summed E-state index contributed by atoms with van der Waals surface area (Å²) in [4.78, 5) is 17.3. The molecule has 0 atom stereocenters. The minimum Gasteiger partial charge on any atom is -0.369 e. The summed E-state index contributed by atoms with van der Waals surface area (Å²) in [5.41, 5.74) is 4.46. The number of hydrogen-bond donors (Lipinski definition) is 1. The largest absolute Gasteiger partial charge is 0.369 e. The van der Waals surface area contributed by atoms with Gasteiger partial charge in [-0.25, -0.2) is 0 Å². The highest BCUT2D eigenvalue weighted by Crippen LogP contribution is 2.31. The van der Waals surface area contributed by atoms with Gasteiger partial charge in [-0.3, -0.25) is 9.69 Å². The van der Waals surface area contributed by atoms with Gasteiger partial charge in [0.25, 0.3) is 0 Å². The van der Waals surface area contributed by atoms with E-state index in [0.717, 1.165) is 43.4 Å². The van der Waals surface area contributed by atoms with Gasteiger partial charge in [-0.1, -0.05) is 29.8 Å². The van der Waals surface area contributed by atoms with Gasteiger partial charge in [0.2, 0.25) is 5.91 Å². The second-order valence-corrected chi connectivity index (χ2v) is 8.72. The molecule has 1 aliphatic heterocycles. The number of rotatable bonds is 5. The second-order valence-electron chi connectivity index (χ2n) is 8.28. The summed E-state index contributed by atoms with van der Waals surface area (Å²) < 4.78 is 2.32. The van der Waals surface area contributed by atoms with Gasteiger partial charge in [0.05, 0.1) is 6.54 Å². The number of hydrogen-bond acceptors (Lipinski definition) is 3. The number of nitrogens with one attached hydrogen (secondary N) is 1. The van der Waals surface area contributed by atoms with Crippen LogP contribution in [0.1, 0.15) is 6.92 Å². The lowest BCUT2D eigenvalue weighted by Crippen LogP contribution is -2.48. The molecule has 1 aliphatic rings. The molecule has 0 unspecified atom stereocenters. The van der Waals surface area contributed by atoms with Gasteiger partial charge in [-0.2, -0.15) is 0 Å². The molecule has 1 N–H and O–H groups in total. The molecule has 0 radical (unpaired) electrons. The zero-order valence-electron chi connectivity index (χ0n) is 18.2. The monoisotopic (exact) mass is 446 g/mol. The molecule has 1 saturated heterocycles. The van der Waals surface area contributed by atoms with Gasteiger partial charge in [0, 0.05) is 70.9 Å². The summed E-state index contributed by atoms with van der Waals surface area (Å²) in [5.74, 6) is 0.0310. The van der Waals surface area contributed by atoms with E-state index < -0.39 is 0 Å². The molecule has 6 heteroatoms. The Labute approximate surface area is 193 Å². The van der Waals surface area contributed by atoms with E-state index in [9.17, 15) is 4.79 Å². The van der Waals surface area contributed by atoms with Crippen molar-refractivity contribution in [1.82, 2.24) is 9.47 Å². The van der Waals surface area contributed by atoms with Gasteiger partial charge in [-0.05, 0) is 55.5 Å². The molecule has 164 valence electrons. The van der Waals surface area contributed by atoms with Crippen molar-refractivity contribution in [2.75, 3.05) is 42.9 Å². The van der Waals surface area contributed by atoms with Crippen molar-refractivity contribution in [3.63, 3.8) is 0 Å². The predicted octanol–water partition coefficient (Wildman–Crippen LogP) is 5.23. The van der Waals surface area contributed by atoms with Crippen LogP contribution < -0.4 is 10.2 Å². The number of amides is 1. The predicted molar refractivity (Wildman–Crippen MR) is 134 cm³/mol. The van der Waals surface area contributed by atoms with Crippen LogP contribution >= 0.6 is 11.6 Å². The smallest absolute Gasteiger partial charge is 0.238 e. The fourth-order valence-corrected chi connectivity index (χ4v) is 4.82. The molecule has 2 heterocycles. The first-order chi connectivity index (χ1) is 15.6. The van der Waals surface area contributed by atoms with Gasteiger partial charge in [-0.15, -0.1) is 0 Å². The molecule has 3 aromatic carbocycles. The van der Waals surface area contributed by atoms with Crippen LogP contribution in [0.5, 0.6) is 0 Å². The Morgan fingerprint density at radius 2 is 1.62 bits per heavy atom. The zero-order valence-corrected chi connectivity index (χ0v) is 19.0. The Hall–Kier alpha value is -3.02. The van der Waals surface area contributed by atoms with Crippen molar-refractivity contribution in [2.45, 2.75) is 13.5 Å². The van der Waals surface area contributed by atoms with E-state index in [4.69, 9.17) is 11.6 Å². The van der Waals surface area contributed by atoms with Gasteiger partial charge >= 0.3 is 0 Å². The zero-order chi connectivity index (χ0) is 22.1. The maximum absolute atomic E-state index is 12.7. The topological polar surface area (TPSA) is 40.5 Å². The highest BCUT2D eigenvalue weighted by atomic mass is 35.5. The number of carbonyl (C=O) groups is 1. The Bertz CT molecular complexity index is 1260. The highest BCUT2D eigenvalue weighted by Gasteiger charge is 2.19. The minimum absolute atomic E-state index is 0.0310. The number of benzene rings is 3. The average Bonchev–Trinajstić information content (AvgIpc) is 3.13. The Morgan fingerprint density at radius 1 is 0.906 bits per heavy atom. The van der Waals surface area contributed by atoms with Crippen LogP contribution in [0.3, 0.4) is 0 Å². The number of aryl methyl sites for hydroxylation is 1. The summed E-state index contributed by atoms with van der Waals surface area (Å²) in [6, 6.07) is 22.6. The van der Waals surface area contributed by atoms with Crippen LogP contribution in [0.25, 0.3) is 21.8 Å². The average molecular weight is 447 g/mol. The maximum atomic E-state index is 12.7. The van der Waals surface area contributed by atoms with Crippen molar-refractivity contribution in [3.8, 4) is 0 Å². The molecule has 5 nitrogen and oxygen atoms in total. The summed E-state index contributed by atoms with van der Waals surface area (Å²) in [7, 11) is 0. The third-order valence-electron chi connectivity index (χ3n) is 6.30. The van der Waals surface area contributed by atoms with Gasteiger partial charge < -0.3 is 14.8 Å². The van der Waals surface area contributed by atoms with E-state index in [1.165, 1.54) is 27.5 Å². The summed E-state index contributed by atoms with van der Waals surface area (Å²) in [6.07, 6.45) is 0. The minimum atomic E-state index is 0.0310. The molecule has 1 aromatic heterocycles. The first kappa shape index (κ1) is 20.9. The fourth-order valence-electron chi connectivity index (χ4n) is 4.69. The summed E-state index contributed by atoms with van der Waals surface area (Å²) in [6.45, 7) is 7.00. The third-order valence-corrected chi connectivity index (χ3v) is 6.56. The Kier molecular flexibility index (Phi) is 5.77. The molecular weight excluding hydrogens is 420 g/mol. The molecule has 4 aromatic rings. The molecule has 0 bridgehead atoms. The van der Waals surface area contributed by atoms with Crippen LogP contribution in [0.2, 0.25) is 5.02 Å². The second kappa shape index (κ2) is 8.85. The number of anilines is 2. The molecule has 0 spiro atoms. The van der Waals surface area contributed by atoms with E-state index in [0.29, 0.717) is 6.54 Å². The fraction of sp³-hybridized carbons (Fsp3) is 0.269. The Balaban J connectivity index is 1.24. The van der Waals surface area contributed by atoms with E-state index in [-0.39, 0.29) is 5.91 Å². The van der Waals surface area contributed by atoms with E-state index in [2.05, 4.69) is 75.1 Å². The normalized spacial score (nSPS) is 14.9. The Morgan fingerprint density at radius 3 is 2.38 bits per heavy atom. The number of aromatic nitrogens is 1. The molecule has 1 amide bonds. The number of piperazine rings is 1. The number of carbonyl (C=O) groups excluding carboxylic acids is 1. The standard InChI is InChI=1S/C26H27ClN4O/c1-2-31-24-6-4-3-5-22(24)23-17-20(9-12-25(23)31)28-26(32)18-29-13-15-30(16-14-29)21-10-7-19(27)8-11-21/h3-12,17H,2,13-16,18H2,1H3,(H,28,32). The number of para-hydroxylation sites is 1. The maximum Gasteiger partial charge on any atom is 0.238 e. The van der Waals surface area contributed by atoms with E-state index in [1.807, 2.05) is 18.2 Å². The van der Waals surface area contributed by atoms with Crippen molar-refractivity contribution in [3.05, 3.63) is 71.8 Å². The van der Waals surface area contributed by atoms with Crippen LogP contribution in [0, 0.1) is 0 Å². The molecule has 32 heavy (non-hydrogen) atoms. The first-order valence-corrected chi connectivity index (χ1v) is 11.5. The first-order valence-electron chi connectivity index (χ1n) is 11.2. The molecule has 0 aliphatic carbocycles. The van der Waals surface area contributed by atoms with Crippen molar-refractivity contribution < 1.29 is 4.79 Å². The number of fused-ring (bicyclic) bond motifs is 3. The molecule has 0 saturated carbocycles. The third kappa shape index (κ3) is 4.06. The van der Waals surface area contributed by atoms with Crippen molar-refractivity contribution in [2.24, 2.45) is 0 Å². The summed E-state index contributed by atoms with van der Waals surface area (Å²) >= 11 is 5.99. The molecule has 5 rings (SSSR count). The molecular formula is C26H27ClN4O. The van der Waals surface area contributed by atoms with Crippen LogP contribution in [0.15, 0.2) is 66.7 Å². The quantitative estimate of drug-likeness (QED) is 0.456. The van der Waals surface area contributed by atoms with Crippen LogP contribution in [-0.2, 0) is 11.3 Å². The lowest BCUT2D eigenvalue weighted by atomic mass is 10.1.